The maximum Gasteiger partial charge on any atom is 0.222 e. The molecule has 1 saturated carbocycles. The highest BCUT2D eigenvalue weighted by Crippen LogP contribution is 2.29. The van der Waals surface area contributed by atoms with Crippen molar-refractivity contribution in [2.24, 2.45) is 17.6 Å². The highest BCUT2D eigenvalue weighted by Gasteiger charge is 2.29. The standard InChI is InChI=1S/C19H27FN2O/c20-17-6-4-14(5-7-17)12-15-8-10-22(11-9-15)19(23)13-16-2-1-3-18(16)21/h4-7,15-16,18H,1-3,8-13,21H2/t16-,18+/m0/s1. The van der Waals surface area contributed by atoms with Gasteiger partial charge in [-0.1, -0.05) is 18.6 Å². The first-order valence-electron chi connectivity index (χ1n) is 8.89. The average Bonchev–Trinajstić information content (AvgIpc) is 2.95. The Kier molecular flexibility index (Phi) is 5.31. The van der Waals surface area contributed by atoms with Crippen LogP contribution in [-0.2, 0) is 11.2 Å². The van der Waals surface area contributed by atoms with Crippen molar-refractivity contribution in [3.63, 3.8) is 0 Å². The predicted molar refractivity (Wildman–Crippen MR) is 89.3 cm³/mol. The monoisotopic (exact) mass is 318 g/mol. The molecule has 2 fully saturated rings. The summed E-state index contributed by atoms with van der Waals surface area (Å²) in [6.07, 6.45) is 7.03. The van der Waals surface area contributed by atoms with Crippen molar-refractivity contribution >= 4 is 5.91 Å². The van der Waals surface area contributed by atoms with Gasteiger partial charge in [0.25, 0.3) is 0 Å². The number of carbonyl (C=O) groups excluding carboxylic acids is 1. The van der Waals surface area contributed by atoms with Crippen LogP contribution < -0.4 is 5.73 Å². The van der Waals surface area contributed by atoms with Crippen LogP contribution in [0.2, 0.25) is 0 Å². The Hall–Kier alpha value is -1.42. The van der Waals surface area contributed by atoms with Crippen LogP contribution in [-0.4, -0.2) is 29.9 Å². The van der Waals surface area contributed by atoms with Crippen LogP contribution in [0.15, 0.2) is 24.3 Å². The van der Waals surface area contributed by atoms with E-state index in [-0.39, 0.29) is 17.8 Å². The molecule has 1 aliphatic carbocycles. The number of hydrogen-bond donors (Lipinski definition) is 1. The molecule has 1 heterocycles. The molecule has 1 aromatic rings. The van der Waals surface area contributed by atoms with E-state index < -0.39 is 0 Å². The minimum absolute atomic E-state index is 0.181. The first-order chi connectivity index (χ1) is 11.1. The predicted octanol–water partition coefficient (Wildman–Crippen LogP) is 3.12. The maximum atomic E-state index is 12.9. The second-order valence-corrected chi connectivity index (χ2v) is 7.21. The largest absolute Gasteiger partial charge is 0.343 e. The summed E-state index contributed by atoms with van der Waals surface area (Å²) in [5.74, 6) is 1.09. The fourth-order valence-electron chi connectivity index (χ4n) is 4.01. The molecule has 126 valence electrons. The van der Waals surface area contributed by atoms with E-state index in [1.165, 1.54) is 24.1 Å². The smallest absolute Gasteiger partial charge is 0.222 e. The van der Waals surface area contributed by atoms with E-state index in [1.54, 1.807) is 0 Å². The van der Waals surface area contributed by atoms with Gasteiger partial charge >= 0.3 is 0 Å². The van der Waals surface area contributed by atoms with Crippen LogP contribution in [0.25, 0.3) is 0 Å². The van der Waals surface area contributed by atoms with Gasteiger partial charge in [-0.15, -0.1) is 0 Å². The van der Waals surface area contributed by atoms with E-state index >= 15 is 0 Å². The van der Waals surface area contributed by atoms with Gasteiger partial charge in [0.05, 0.1) is 0 Å². The molecule has 4 heteroatoms. The normalized spacial score (nSPS) is 25.7. The molecular formula is C19H27FN2O. The fourth-order valence-corrected chi connectivity index (χ4v) is 4.01. The first-order valence-corrected chi connectivity index (χ1v) is 8.89. The van der Waals surface area contributed by atoms with Crippen molar-refractivity contribution in [3.05, 3.63) is 35.6 Å². The molecule has 1 aromatic carbocycles. The SMILES string of the molecule is N[C@@H]1CCC[C@H]1CC(=O)N1CCC(Cc2ccc(F)cc2)CC1. The highest BCUT2D eigenvalue weighted by atomic mass is 19.1. The van der Waals surface area contributed by atoms with Crippen molar-refractivity contribution in [2.75, 3.05) is 13.1 Å². The number of rotatable bonds is 4. The minimum atomic E-state index is -0.181. The molecule has 0 bridgehead atoms. The topological polar surface area (TPSA) is 46.3 Å². The zero-order chi connectivity index (χ0) is 16.2. The highest BCUT2D eigenvalue weighted by molar-refractivity contribution is 5.76. The molecule has 2 N–H and O–H groups in total. The molecule has 23 heavy (non-hydrogen) atoms. The Morgan fingerprint density at radius 1 is 1.13 bits per heavy atom. The Bertz CT molecular complexity index is 523. The summed E-state index contributed by atoms with van der Waals surface area (Å²) in [6, 6.07) is 7.01. The zero-order valence-electron chi connectivity index (χ0n) is 13.7. The van der Waals surface area contributed by atoms with Crippen molar-refractivity contribution in [1.29, 1.82) is 0 Å². The molecule has 3 nitrogen and oxygen atoms in total. The lowest BCUT2D eigenvalue weighted by molar-refractivity contribution is -0.133. The number of halogens is 1. The summed E-state index contributed by atoms with van der Waals surface area (Å²) >= 11 is 0. The number of carbonyl (C=O) groups is 1. The number of amides is 1. The fraction of sp³-hybridized carbons (Fsp3) is 0.632. The van der Waals surface area contributed by atoms with Crippen molar-refractivity contribution in [1.82, 2.24) is 4.90 Å². The molecule has 3 rings (SSSR count). The van der Waals surface area contributed by atoms with Crippen molar-refractivity contribution < 1.29 is 9.18 Å². The number of nitrogens with zero attached hydrogens (tertiary/aromatic N) is 1. The molecule has 1 amide bonds. The summed E-state index contributed by atoms with van der Waals surface area (Å²) in [7, 11) is 0. The Morgan fingerprint density at radius 2 is 1.83 bits per heavy atom. The quantitative estimate of drug-likeness (QED) is 0.927. The summed E-state index contributed by atoms with van der Waals surface area (Å²) in [5.41, 5.74) is 7.27. The Morgan fingerprint density at radius 3 is 2.43 bits per heavy atom. The van der Waals surface area contributed by atoms with Gasteiger partial charge < -0.3 is 10.6 Å². The lowest BCUT2D eigenvalue weighted by atomic mass is 9.89. The first kappa shape index (κ1) is 16.4. The van der Waals surface area contributed by atoms with Gasteiger partial charge in [-0.05, 0) is 61.6 Å². The van der Waals surface area contributed by atoms with E-state index in [2.05, 4.69) is 0 Å². The average molecular weight is 318 g/mol. The van der Waals surface area contributed by atoms with Crippen molar-refractivity contribution in [3.8, 4) is 0 Å². The zero-order valence-corrected chi connectivity index (χ0v) is 13.7. The molecule has 0 unspecified atom stereocenters. The number of hydrogen-bond acceptors (Lipinski definition) is 2. The Labute approximate surface area is 138 Å². The molecule has 0 aromatic heterocycles. The third kappa shape index (κ3) is 4.31. The number of piperidine rings is 1. The van der Waals surface area contributed by atoms with Crippen LogP contribution in [0, 0.1) is 17.7 Å². The molecule has 2 aliphatic rings. The lowest BCUT2D eigenvalue weighted by Gasteiger charge is -2.33. The van der Waals surface area contributed by atoms with E-state index in [0.717, 1.165) is 45.2 Å². The van der Waals surface area contributed by atoms with Crippen LogP contribution in [0.4, 0.5) is 4.39 Å². The van der Waals surface area contributed by atoms with Gasteiger partial charge in [-0.2, -0.15) is 0 Å². The summed E-state index contributed by atoms with van der Waals surface area (Å²) in [6.45, 7) is 1.71. The summed E-state index contributed by atoms with van der Waals surface area (Å²) < 4.78 is 12.9. The second-order valence-electron chi connectivity index (χ2n) is 7.21. The van der Waals surface area contributed by atoms with Crippen molar-refractivity contribution in [2.45, 2.75) is 51.0 Å². The Balaban J connectivity index is 1.44. The van der Waals surface area contributed by atoms with E-state index in [1.807, 2.05) is 17.0 Å². The van der Waals surface area contributed by atoms with E-state index in [0.29, 0.717) is 18.3 Å². The summed E-state index contributed by atoms with van der Waals surface area (Å²) in [4.78, 5) is 14.5. The molecule has 0 spiro atoms. The van der Waals surface area contributed by atoms with Gasteiger partial charge in [-0.3, -0.25) is 4.79 Å². The van der Waals surface area contributed by atoms with Crippen LogP contribution in [0.3, 0.4) is 0 Å². The van der Waals surface area contributed by atoms with Crippen LogP contribution >= 0.6 is 0 Å². The van der Waals surface area contributed by atoms with Gasteiger partial charge in [0, 0.05) is 25.6 Å². The van der Waals surface area contributed by atoms with Crippen LogP contribution in [0.5, 0.6) is 0 Å². The maximum absolute atomic E-state index is 12.9. The van der Waals surface area contributed by atoms with Gasteiger partial charge in [0.2, 0.25) is 5.91 Å². The molecule has 1 saturated heterocycles. The number of benzene rings is 1. The number of nitrogens with two attached hydrogens (primary N) is 1. The molecular weight excluding hydrogens is 291 g/mol. The number of likely N-dealkylation sites (tertiary alicyclic amines) is 1. The van der Waals surface area contributed by atoms with E-state index in [4.69, 9.17) is 5.73 Å². The minimum Gasteiger partial charge on any atom is -0.343 e. The third-order valence-electron chi connectivity index (χ3n) is 5.56. The third-order valence-corrected chi connectivity index (χ3v) is 5.56. The second kappa shape index (κ2) is 7.43. The van der Waals surface area contributed by atoms with Crippen LogP contribution in [0.1, 0.15) is 44.1 Å². The molecule has 2 atom stereocenters. The van der Waals surface area contributed by atoms with Gasteiger partial charge in [0.15, 0.2) is 0 Å². The van der Waals surface area contributed by atoms with Gasteiger partial charge in [-0.25, -0.2) is 4.39 Å². The van der Waals surface area contributed by atoms with Gasteiger partial charge in [0.1, 0.15) is 5.82 Å². The van der Waals surface area contributed by atoms with E-state index in [9.17, 15) is 9.18 Å². The summed E-state index contributed by atoms with van der Waals surface area (Å²) in [5, 5.41) is 0. The molecule has 1 aliphatic heterocycles. The molecule has 0 radical (unpaired) electrons. The lowest BCUT2D eigenvalue weighted by Crippen LogP contribution is -2.40.